The van der Waals surface area contributed by atoms with Crippen LogP contribution in [-0.4, -0.2) is 30.5 Å². The molecular formula is C23H23F3N6O. The van der Waals surface area contributed by atoms with E-state index in [0.717, 1.165) is 23.0 Å². The van der Waals surface area contributed by atoms with E-state index in [-0.39, 0.29) is 29.0 Å². The molecule has 4 aromatic rings. The highest BCUT2D eigenvalue weighted by molar-refractivity contribution is 5.92. The van der Waals surface area contributed by atoms with Crippen molar-refractivity contribution < 1.29 is 18.0 Å². The maximum atomic E-state index is 13.5. The van der Waals surface area contributed by atoms with Gasteiger partial charge in [0.1, 0.15) is 6.54 Å². The number of aryl methyl sites for hydroxylation is 4. The van der Waals surface area contributed by atoms with E-state index in [1.807, 2.05) is 42.8 Å². The normalized spacial score (nSPS) is 11.8. The molecule has 1 amide bonds. The number of nitrogens with one attached hydrogen (secondary N) is 1. The van der Waals surface area contributed by atoms with E-state index in [4.69, 9.17) is 0 Å². The van der Waals surface area contributed by atoms with E-state index < -0.39 is 17.6 Å². The molecule has 1 N–H and O–H groups in total. The van der Waals surface area contributed by atoms with Crippen LogP contribution in [0, 0.1) is 27.7 Å². The van der Waals surface area contributed by atoms with Crippen LogP contribution < -0.4 is 5.32 Å². The summed E-state index contributed by atoms with van der Waals surface area (Å²) < 4.78 is 43.6. The summed E-state index contributed by atoms with van der Waals surface area (Å²) in [6.07, 6.45) is -4.54. The van der Waals surface area contributed by atoms with Gasteiger partial charge in [-0.3, -0.25) is 9.48 Å². The molecule has 0 radical (unpaired) electrons. The Labute approximate surface area is 188 Å². The number of hydrogen-bond acceptors (Lipinski definition) is 4. The third-order valence-electron chi connectivity index (χ3n) is 5.25. The van der Waals surface area contributed by atoms with Gasteiger partial charge in [-0.05, 0) is 57.5 Å². The van der Waals surface area contributed by atoms with Crippen LogP contribution in [0.15, 0.2) is 36.4 Å². The molecular weight excluding hydrogens is 433 g/mol. The van der Waals surface area contributed by atoms with Gasteiger partial charge in [-0.2, -0.15) is 23.4 Å². The number of halogens is 3. The number of fused-ring (bicyclic) bond motifs is 1. The summed E-state index contributed by atoms with van der Waals surface area (Å²) in [6.45, 7) is 7.15. The van der Waals surface area contributed by atoms with Crippen molar-refractivity contribution in [3.8, 4) is 0 Å². The van der Waals surface area contributed by atoms with Crippen LogP contribution >= 0.6 is 0 Å². The Morgan fingerprint density at radius 3 is 2.42 bits per heavy atom. The topological polar surface area (TPSA) is 77.6 Å². The van der Waals surface area contributed by atoms with Gasteiger partial charge in [0.2, 0.25) is 5.91 Å². The monoisotopic (exact) mass is 456 g/mol. The first kappa shape index (κ1) is 22.5. The van der Waals surface area contributed by atoms with Crippen molar-refractivity contribution >= 4 is 22.6 Å². The zero-order valence-electron chi connectivity index (χ0n) is 18.7. The van der Waals surface area contributed by atoms with Gasteiger partial charge in [0.15, 0.2) is 5.65 Å². The largest absolute Gasteiger partial charge is 0.417 e. The summed E-state index contributed by atoms with van der Waals surface area (Å²) in [5.74, 6) is -0.417. The molecule has 0 saturated heterocycles. The average Bonchev–Trinajstić information content (AvgIpc) is 3.18. The van der Waals surface area contributed by atoms with Crippen molar-refractivity contribution in [2.75, 3.05) is 5.32 Å². The van der Waals surface area contributed by atoms with Crippen molar-refractivity contribution in [2.45, 2.75) is 47.0 Å². The Hall–Kier alpha value is -3.69. The Bertz CT molecular complexity index is 1350. The Morgan fingerprint density at radius 1 is 1.00 bits per heavy atom. The molecule has 7 nitrogen and oxygen atoms in total. The molecule has 172 valence electrons. The van der Waals surface area contributed by atoms with Crippen LogP contribution in [0.5, 0.6) is 0 Å². The molecule has 0 saturated carbocycles. The molecule has 0 bridgehead atoms. The minimum Gasteiger partial charge on any atom is -0.324 e. The Morgan fingerprint density at radius 2 is 1.76 bits per heavy atom. The summed E-state index contributed by atoms with van der Waals surface area (Å²) >= 11 is 0. The highest BCUT2D eigenvalue weighted by Gasteiger charge is 2.35. The zero-order valence-corrected chi connectivity index (χ0v) is 18.7. The fourth-order valence-corrected chi connectivity index (χ4v) is 3.90. The van der Waals surface area contributed by atoms with Gasteiger partial charge in [0.05, 0.1) is 28.9 Å². The maximum Gasteiger partial charge on any atom is 0.417 e. The molecule has 33 heavy (non-hydrogen) atoms. The fraction of sp³-hybridized carbons (Fsp3) is 0.304. The summed E-state index contributed by atoms with van der Waals surface area (Å²) in [6, 6.07) is 10.3. The number of amides is 1. The number of benzene rings is 1. The third kappa shape index (κ3) is 4.74. The van der Waals surface area contributed by atoms with Gasteiger partial charge >= 0.3 is 6.18 Å². The smallest absolute Gasteiger partial charge is 0.324 e. The number of nitrogens with zero attached hydrogens (tertiary/aromatic N) is 5. The lowest BCUT2D eigenvalue weighted by Crippen LogP contribution is -2.20. The van der Waals surface area contributed by atoms with Crippen LogP contribution in [-0.2, 0) is 24.1 Å². The average molecular weight is 456 g/mol. The molecule has 0 fully saturated rings. The van der Waals surface area contributed by atoms with Crippen molar-refractivity contribution in [3.05, 3.63) is 70.3 Å². The molecule has 0 atom stereocenters. The second kappa shape index (κ2) is 8.34. The Balaban J connectivity index is 1.55. The lowest BCUT2D eigenvalue weighted by atomic mass is 10.1. The SMILES string of the molecule is Cc1cc(C(F)(F)F)c2c(C)nn(CC(=O)Nc3cccc(Cn4nc(C)cc4C)c3)c2n1. The molecule has 0 unspecified atom stereocenters. The van der Waals surface area contributed by atoms with Gasteiger partial charge in [-0.1, -0.05) is 12.1 Å². The van der Waals surface area contributed by atoms with Gasteiger partial charge < -0.3 is 5.32 Å². The van der Waals surface area contributed by atoms with E-state index in [2.05, 4.69) is 20.5 Å². The van der Waals surface area contributed by atoms with Crippen LogP contribution in [0.1, 0.15) is 33.9 Å². The lowest BCUT2D eigenvalue weighted by molar-refractivity contribution is -0.136. The predicted octanol–water partition coefficient (Wildman–Crippen LogP) is 4.57. The van der Waals surface area contributed by atoms with Crippen LogP contribution in [0.2, 0.25) is 0 Å². The van der Waals surface area contributed by atoms with Crippen LogP contribution in [0.4, 0.5) is 18.9 Å². The predicted molar refractivity (Wildman–Crippen MR) is 118 cm³/mol. The van der Waals surface area contributed by atoms with Gasteiger partial charge in [-0.15, -0.1) is 0 Å². The van der Waals surface area contributed by atoms with E-state index in [0.29, 0.717) is 12.2 Å². The first-order valence-corrected chi connectivity index (χ1v) is 10.3. The minimum atomic E-state index is -4.54. The molecule has 1 aromatic carbocycles. The molecule has 3 heterocycles. The number of carbonyl (C=O) groups is 1. The molecule has 0 aliphatic rings. The fourth-order valence-electron chi connectivity index (χ4n) is 3.90. The molecule has 10 heteroatoms. The quantitative estimate of drug-likeness (QED) is 0.477. The number of rotatable bonds is 5. The Kier molecular flexibility index (Phi) is 5.69. The number of carbonyl (C=O) groups excluding carboxylic acids is 1. The van der Waals surface area contributed by atoms with E-state index in [1.165, 1.54) is 18.5 Å². The van der Waals surface area contributed by atoms with E-state index in [1.54, 1.807) is 6.07 Å². The van der Waals surface area contributed by atoms with Gasteiger partial charge in [0, 0.05) is 17.1 Å². The standard InChI is InChI=1S/C23H23F3N6O/c1-13-9-19(23(24,25)26)21-16(4)30-32(22(21)27-13)12-20(33)28-18-7-5-6-17(10-18)11-31-15(3)8-14(2)29-31/h5-10H,11-12H2,1-4H3,(H,28,33). The molecule has 4 rings (SSSR count). The lowest BCUT2D eigenvalue weighted by Gasteiger charge is -2.11. The first-order chi connectivity index (χ1) is 15.5. The summed E-state index contributed by atoms with van der Waals surface area (Å²) in [5, 5.41) is 11.3. The highest BCUT2D eigenvalue weighted by Crippen LogP contribution is 2.36. The second-order valence-electron chi connectivity index (χ2n) is 8.08. The number of anilines is 1. The number of pyridine rings is 1. The van der Waals surface area contributed by atoms with Gasteiger partial charge in [-0.25, -0.2) is 9.67 Å². The summed E-state index contributed by atoms with van der Waals surface area (Å²) in [7, 11) is 0. The first-order valence-electron chi connectivity index (χ1n) is 10.3. The highest BCUT2D eigenvalue weighted by atomic mass is 19.4. The van der Waals surface area contributed by atoms with Gasteiger partial charge in [0.25, 0.3) is 0 Å². The third-order valence-corrected chi connectivity index (χ3v) is 5.25. The number of hydrogen-bond donors (Lipinski definition) is 1. The van der Waals surface area contributed by atoms with E-state index in [9.17, 15) is 18.0 Å². The van der Waals surface area contributed by atoms with Crippen molar-refractivity contribution in [2.24, 2.45) is 0 Å². The second-order valence-corrected chi connectivity index (χ2v) is 8.08. The molecule has 0 aliphatic heterocycles. The molecule has 0 aliphatic carbocycles. The molecule has 0 spiro atoms. The minimum absolute atomic E-state index is 0.0354. The van der Waals surface area contributed by atoms with Crippen molar-refractivity contribution in [1.29, 1.82) is 0 Å². The van der Waals surface area contributed by atoms with Crippen LogP contribution in [0.3, 0.4) is 0 Å². The zero-order chi connectivity index (χ0) is 23.9. The van der Waals surface area contributed by atoms with Crippen molar-refractivity contribution in [3.63, 3.8) is 0 Å². The molecule has 3 aromatic heterocycles. The maximum absolute atomic E-state index is 13.5. The van der Waals surface area contributed by atoms with Crippen molar-refractivity contribution in [1.82, 2.24) is 24.5 Å². The van der Waals surface area contributed by atoms with E-state index >= 15 is 0 Å². The number of alkyl halides is 3. The van der Waals surface area contributed by atoms with Crippen LogP contribution in [0.25, 0.3) is 11.0 Å². The summed E-state index contributed by atoms with van der Waals surface area (Å²) in [4.78, 5) is 16.9. The number of aromatic nitrogens is 5. The summed E-state index contributed by atoms with van der Waals surface area (Å²) in [5.41, 5.74) is 3.09.